The molecule has 0 spiro atoms. The number of hydrogen-bond acceptors (Lipinski definition) is 7. The van der Waals surface area contributed by atoms with Crippen LogP contribution in [0.15, 0.2) is 0 Å². The summed E-state index contributed by atoms with van der Waals surface area (Å²) in [7, 11) is 2.09. The molecule has 10 unspecified atom stereocenters. The maximum atomic E-state index is 13.4. The van der Waals surface area contributed by atoms with Crippen molar-refractivity contribution < 1.29 is 19.1 Å². The van der Waals surface area contributed by atoms with Crippen molar-refractivity contribution in [2.75, 3.05) is 33.4 Å². The second-order valence-electron chi connectivity index (χ2n) is 12.3. The number of ketones is 1. The molecule has 8 heteroatoms. The van der Waals surface area contributed by atoms with Crippen LogP contribution in [0.4, 0.5) is 0 Å². The van der Waals surface area contributed by atoms with E-state index in [1.807, 2.05) is 0 Å². The van der Waals surface area contributed by atoms with Crippen LogP contribution in [0.1, 0.15) is 71.1 Å². The molecular formula is C28H48N4O4. The van der Waals surface area contributed by atoms with E-state index in [0.717, 1.165) is 64.8 Å². The zero-order valence-electron chi connectivity index (χ0n) is 22.3. The van der Waals surface area contributed by atoms with Crippen molar-refractivity contribution >= 4 is 11.7 Å². The third-order valence-corrected chi connectivity index (χ3v) is 9.79. The molecule has 2 saturated heterocycles. The molecular weight excluding hydrogens is 456 g/mol. The molecule has 0 aromatic rings. The van der Waals surface area contributed by atoms with Crippen LogP contribution in [-0.4, -0.2) is 81.4 Å². The molecule has 36 heavy (non-hydrogen) atoms. The molecule has 0 aromatic carbocycles. The average Bonchev–Trinajstić information content (AvgIpc) is 3.82. The van der Waals surface area contributed by atoms with Gasteiger partial charge in [-0.3, -0.25) is 9.59 Å². The summed E-state index contributed by atoms with van der Waals surface area (Å²) in [4.78, 5) is 25.3. The van der Waals surface area contributed by atoms with Gasteiger partial charge in [0.25, 0.3) is 0 Å². The molecule has 1 amide bonds. The van der Waals surface area contributed by atoms with Gasteiger partial charge in [0, 0.05) is 49.1 Å². The van der Waals surface area contributed by atoms with Crippen molar-refractivity contribution in [3.63, 3.8) is 0 Å². The number of carbonyl (C=O) groups excluding carboxylic acids is 2. The number of Topliss-reactive ketones (excluding diaryl/α,β-unsaturated/α-hetero) is 1. The number of epoxide rings is 2. The SMILES string of the molecule is CNC1CC(C2CCC(NCC3CO3)C(NC(=O)C3CCCC(C(C)=O)C3)C2)CCC1NCC1CO1. The minimum absolute atomic E-state index is 0.0222. The number of nitrogens with one attached hydrogen (secondary N) is 4. The number of likely N-dealkylation sites (N-methyl/N-ethyl adjacent to an activating group) is 1. The Kier molecular flexibility index (Phi) is 9.00. The Hall–Kier alpha value is -1.06. The van der Waals surface area contributed by atoms with Crippen molar-refractivity contribution in [2.45, 2.75) is 108 Å². The summed E-state index contributed by atoms with van der Waals surface area (Å²) < 4.78 is 10.8. The highest BCUT2D eigenvalue weighted by molar-refractivity contribution is 5.82. The zero-order chi connectivity index (χ0) is 25.1. The maximum Gasteiger partial charge on any atom is 0.223 e. The highest BCUT2D eigenvalue weighted by atomic mass is 16.6. The van der Waals surface area contributed by atoms with Gasteiger partial charge in [0.1, 0.15) is 5.78 Å². The summed E-state index contributed by atoms with van der Waals surface area (Å²) in [6, 6.07) is 1.47. The maximum absolute atomic E-state index is 13.4. The Morgan fingerprint density at radius 2 is 1.28 bits per heavy atom. The van der Waals surface area contributed by atoms with Gasteiger partial charge in [-0.1, -0.05) is 6.42 Å². The number of carbonyl (C=O) groups is 2. The van der Waals surface area contributed by atoms with Crippen LogP contribution >= 0.6 is 0 Å². The summed E-state index contributed by atoms with van der Waals surface area (Å²) in [5, 5.41) is 14.5. The van der Waals surface area contributed by atoms with E-state index in [-0.39, 0.29) is 29.6 Å². The van der Waals surface area contributed by atoms with E-state index in [4.69, 9.17) is 9.47 Å². The lowest BCUT2D eigenvalue weighted by atomic mass is 9.68. The van der Waals surface area contributed by atoms with E-state index in [1.165, 1.54) is 25.7 Å². The largest absolute Gasteiger partial charge is 0.372 e. The van der Waals surface area contributed by atoms with E-state index in [0.29, 0.717) is 42.2 Å². The Bertz CT molecular complexity index is 758. The van der Waals surface area contributed by atoms with Crippen molar-refractivity contribution in [1.29, 1.82) is 0 Å². The monoisotopic (exact) mass is 504 g/mol. The lowest BCUT2D eigenvalue weighted by Gasteiger charge is -2.45. The van der Waals surface area contributed by atoms with Gasteiger partial charge in [-0.25, -0.2) is 0 Å². The molecule has 0 bridgehead atoms. The first-order valence-corrected chi connectivity index (χ1v) is 14.7. The predicted molar refractivity (Wildman–Crippen MR) is 139 cm³/mol. The first kappa shape index (κ1) is 26.5. The van der Waals surface area contributed by atoms with Gasteiger partial charge >= 0.3 is 0 Å². The normalized spacial score (nSPS) is 42.5. The number of amides is 1. The summed E-state index contributed by atoms with van der Waals surface area (Å²) in [6.45, 7) is 5.28. The van der Waals surface area contributed by atoms with E-state index < -0.39 is 0 Å². The summed E-state index contributed by atoms with van der Waals surface area (Å²) in [5.41, 5.74) is 0. The fraction of sp³-hybridized carbons (Fsp3) is 0.929. The lowest BCUT2D eigenvalue weighted by molar-refractivity contribution is -0.129. The molecule has 3 aliphatic carbocycles. The molecule has 5 rings (SSSR count). The van der Waals surface area contributed by atoms with Crippen molar-refractivity contribution in [3.05, 3.63) is 0 Å². The van der Waals surface area contributed by atoms with Crippen molar-refractivity contribution in [2.24, 2.45) is 23.7 Å². The third kappa shape index (κ3) is 7.07. The molecule has 204 valence electrons. The molecule has 0 radical (unpaired) electrons. The summed E-state index contributed by atoms with van der Waals surface area (Å²) >= 11 is 0. The number of hydrogen-bond donors (Lipinski definition) is 4. The van der Waals surface area contributed by atoms with E-state index in [9.17, 15) is 9.59 Å². The fourth-order valence-electron chi connectivity index (χ4n) is 7.26. The van der Waals surface area contributed by atoms with Crippen LogP contribution in [0.25, 0.3) is 0 Å². The van der Waals surface area contributed by atoms with E-state index in [2.05, 4.69) is 28.3 Å². The Balaban J connectivity index is 1.18. The molecule has 8 nitrogen and oxygen atoms in total. The minimum Gasteiger partial charge on any atom is -0.372 e. The first-order chi connectivity index (χ1) is 17.5. The van der Waals surface area contributed by atoms with Crippen molar-refractivity contribution in [1.82, 2.24) is 21.3 Å². The van der Waals surface area contributed by atoms with E-state index >= 15 is 0 Å². The molecule has 2 aliphatic heterocycles. The third-order valence-electron chi connectivity index (χ3n) is 9.79. The van der Waals surface area contributed by atoms with Gasteiger partial charge in [-0.2, -0.15) is 0 Å². The quantitative estimate of drug-likeness (QED) is 0.318. The Morgan fingerprint density at radius 3 is 1.83 bits per heavy atom. The highest BCUT2D eigenvalue weighted by Gasteiger charge is 2.40. The van der Waals surface area contributed by atoms with E-state index in [1.54, 1.807) is 6.92 Å². The minimum atomic E-state index is -0.0222. The van der Waals surface area contributed by atoms with Gasteiger partial charge in [-0.05, 0) is 83.6 Å². The molecule has 5 fully saturated rings. The van der Waals surface area contributed by atoms with Crippen LogP contribution in [0.3, 0.4) is 0 Å². The second kappa shape index (κ2) is 12.2. The summed E-state index contributed by atoms with van der Waals surface area (Å²) in [6.07, 6.45) is 11.3. The van der Waals surface area contributed by atoms with Gasteiger partial charge in [0.05, 0.1) is 25.4 Å². The molecule has 3 saturated carbocycles. The van der Waals surface area contributed by atoms with Crippen molar-refractivity contribution in [3.8, 4) is 0 Å². The first-order valence-electron chi connectivity index (χ1n) is 14.7. The Morgan fingerprint density at radius 1 is 0.722 bits per heavy atom. The van der Waals surface area contributed by atoms with Gasteiger partial charge in [-0.15, -0.1) is 0 Å². The average molecular weight is 505 g/mol. The van der Waals surface area contributed by atoms with Gasteiger partial charge in [0.15, 0.2) is 0 Å². The number of rotatable bonds is 11. The lowest BCUT2D eigenvalue weighted by Crippen LogP contribution is -2.57. The molecule has 10 atom stereocenters. The van der Waals surface area contributed by atoms with Gasteiger partial charge < -0.3 is 30.7 Å². The molecule has 2 heterocycles. The molecule has 0 aromatic heterocycles. The van der Waals surface area contributed by atoms with Crippen LogP contribution in [0, 0.1) is 23.7 Å². The summed E-state index contributed by atoms with van der Waals surface area (Å²) in [5.74, 6) is 1.79. The van der Waals surface area contributed by atoms with Crippen LogP contribution in [-0.2, 0) is 19.1 Å². The Labute approximate surface area is 216 Å². The fourth-order valence-corrected chi connectivity index (χ4v) is 7.26. The van der Waals surface area contributed by atoms with Crippen LogP contribution < -0.4 is 21.3 Å². The molecule has 4 N–H and O–H groups in total. The number of ether oxygens (including phenoxy) is 2. The van der Waals surface area contributed by atoms with Crippen LogP contribution in [0.5, 0.6) is 0 Å². The smallest absolute Gasteiger partial charge is 0.223 e. The van der Waals surface area contributed by atoms with Gasteiger partial charge in [0.2, 0.25) is 5.91 Å². The molecule has 5 aliphatic rings. The highest BCUT2D eigenvalue weighted by Crippen LogP contribution is 2.39. The predicted octanol–water partition coefficient (Wildman–Crippen LogP) is 1.77. The standard InChI is InChI=1S/C28H48N4O4/c1-17(33)18-4-3-5-21(10-18)28(34)32-27-12-20(7-9-25(27)31-14-23-16-36-23)19-6-8-24(26(11-19)29-2)30-13-22-15-35-22/h18-27,29-31H,3-16H2,1-2H3,(H,32,34). The second-order valence-corrected chi connectivity index (χ2v) is 12.3. The zero-order valence-corrected chi connectivity index (χ0v) is 22.3. The topological polar surface area (TPSA) is 107 Å². The van der Waals surface area contributed by atoms with Crippen LogP contribution in [0.2, 0.25) is 0 Å².